The number of aryl methyl sites for hydroxylation is 1. The van der Waals surface area contributed by atoms with Gasteiger partial charge in [0.2, 0.25) is 5.91 Å². The second-order valence-corrected chi connectivity index (χ2v) is 4.38. The van der Waals surface area contributed by atoms with E-state index >= 15 is 0 Å². The minimum absolute atomic E-state index is 0.116. The van der Waals surface area contributed by atoms with Gasteiger partial charge in [-0.25, -0.2) is 0 Å². The van der Waals surface area contributed by atoms with Crippen LogP contribution in [-0.4, -0.2) is 32.7 Å². The first-order valence-corrected chi connectivity index (χ1v) is 6.89. The van der Waals surface area contributed by atoms with E-state index < -0.39 is 0 Å². The molecule has 0 atom stereocenters. The van der Waals surface area contributed by atoms with Gasteiger partial charge in [0.15, 0.2) is 0 Å². The number of carbonyl (C=O) groups is 1. The van der Waals surface area contributed by atoms with Crippen LogP contribution in [0, 0.1) is 0 Å². The Morgan fingerprint density at radius 3 is 2.58 bits per heavy atom. The average molecular weight is 264 g/mol. The summed E-state index contributed by atoms with van der Waals surface area (Å²) in [6.45, 7) is 4.31. The van der Waals surface area contributed by atoms with E-state index in [1.54, 1.807) is 0 Å². The Bertz CT molecular complexity index is 363. The fraction of sp³-hybridized carbons (Fsp3) is 0.533. The van der Waals surface area contributed by atoms with E-state index in [2.05, 4.69) is 10.6 Å². The SMILES string of the molecule is CCOc1ccc(CCC(=O)NCCCNC)cc1. The third kappa shape index (κ3) is 6.82. The predicted octanol–water partition coefficient (Wildman–Crippen LogP) is 1.74. The van der Waals surface area contributed by atoms with Crippen molar-refractivity contribution < 1.29 is 9.53 Å². The molecule has 0 fully saturated rings. The van der Waals surface area contributed by atoms with Crippen LogP contribution in [0.15, 0.2) is 24.3 Å². The van der Waals surface area contributed by atoms with Crippen LogP contribution >= 0.6 is 0 Å². The number of hydrogen-bond donors (Lipinski definition) is 2. The maximum Gasteiger partial charge on any atom is 0.220 e. The molecule has 0 bridgehead atoms. The van der Waals surface area contributed by atoms with E-state index in [0.717, 1.165) is 37.2 Å². The van der Waals surface area contributed by atoms with Gasteiger partial charge in [-0.15, -0.1) is 0 Å². The number of nitrogens with one attached hydrogen (secondary N) is 2. The first-order chi connectivity index (χ1) is 9.26. The molecule has 4 nitrogen and oxygen atoms in total. The van der Waals surface area contributed by atoms with Crippen LogP contribution in [0.5, 0.6) is 5.75 Å². The molecule has 4 heteroatoms. The number of hydrogen-bond acceptors (Lipinski definition) is 3. The summed E-state index contributed by atoms with van der Waals surface area (Å²) in [5.41, 5.74) is 1.16. The van der Waals surface area contributed by atoms with Crippen molar-refractivity contribution in [2.45, 2.75) is 26.2 Å². The molecule has 0 aromatic heterocycles. The third-order valence-electron chi connectivity index (χ3n) is 2.80. The highest BCUT2D eigenvalue weighted by Gasteiger charge is 2.02. The van der Waals surface area contributed by atoms with Gasteiger partial charge in [-0.3, -0.25) is 4.79 Å². The monoisotopic (exact) mass is 264 g/mol. The molecule has 0 saturated carbocycles. The lowest BCUT2D eigenvalue weighted by molar-refractivity contribution is -0.121. The molecule has 0 unspecified atom stereocenters. The van der Waals surface area contributed by atoms with Crippen LogP contribution in [0.3, 0.4) is 0 Å². The Morgan fingerprint density at radius 1 is 1.21 bits per heavy atom. The van der Waals surface area contributed by atoms with E-state index in [1.165, 1.54) is 0 Å². The Balaban J connectivity index is 2.22. The molecule has 0 spiro atoms. The minimum atomic E-state index is 0.116. The van der Waals surface area contributed by atoms with Crippen molar-refractivity contribution in [2.75, 3.05) is 26.7 Å². The van der Waals surface area contributed by atoms with Gasteiger partial charge in [-0.05, 0) is 51.1 Å². The Labute approximate surface area is 115 Å². The lowest BCUT2D eigenvalue weighted by Gasteiger charge is -2.06. The number of rotatable bonds is 9. The second kappa shape index (κ2) is 9.39. The molecule has 0 aliphatic heterocycles. The van der Waals surface area contributed by atoms with Gasteiger partial charge in [0.25, 0.3) is 0 Å². The number of benzene rings is 1. The quantitative estimate of drug-likeness (QED) is 0.668. The fourth-order valence-electron chi connectivity index (χ4n) is 1.76. The highest BCUT2D eigenvalue weighted by Crippen LogP contribution is 2.13. The molecule has 106 valence electrons. The standard InChI is InChI=1S/C15H24N2O2/c1-3-19-14-8-5-13(6-9-14)7-10-15(18)17-12-4-11-16-2/h5-6,8-9,16H,3-4,7,10-12H2,1-2H3,(H,17,18). The number of carbonyl (C=O) groups excluding carboxylic acids is 1. The molecule has 0 heterocycles. The van der Waals surface area contributed by atoms with E-state index in [0.29, 0.717) is 13.0 Å². The van der Waals surface area contributed by atoms with Gasteiger partial charge in [0, 0.05) is 13.0 Å². The summed E-state index contributed by atoms with van der Waals surface area (Å²) in [5, 5.41) is 5.97. The van der Waals surface area contributed by atoms with Crippen LogP contribution < -0.4 is 15.4 Å². The molecule has 1 aromatic carbocycles. The summed E-state index contributed by atoms with van der Waals surface area (Å²) in [4.78, 5) is 11.6. The number of ether oxygens (including phenoxy) is 1. The smallest absolute Gasteiger partial charge is 0.220 e. The van der Waals surface area contributed by atoms with Gasteiger partial charge in [-0.2, -0.15) is 0 Å². The first kappa shape index (κ1) is 15.5. The number of amides is 1. The zero-order valence-electron chi connectivity index (χ0n) is 11.9. The van der Waals surface area contributed by atoms with Gasteiger partial charge in [0.1, 0.15) is 5.75 Å². The van der Waals surface area contributed by atoms with Crippen molar-refractivity contribution in [3.8, 4) is 5.75 Å². The largest absolute Gasteiger partial charge is 0.494 e. The zero-order chi connectivity index (χ0) is 13.9. The summed E-state index contributed by atoms with van der Waals surface area (Å²) in [7, 11) is 1.91. The molecule has 1 amide bonds. The molecule has 1 rings (SSSR count). The molecule has 1 aromatic rings. The average Bonchev–Trinajstić information content (AvgIpc) is 2.43. The summed E-state index contributed by atoms with van der Waals surface area (Å²) in [5.74, 6) is 0.993. The predicted molar refractivity (Wildman–Crippen MR) is 77.5 cm³/mol. The van der Waals surface area contributed by atoms with Gasteiger partial charge >= 0.3 is 0 Å². The van der Waals surface area contributed by atoms with Gasteiger partial charge < -0.3 is 15.4 Å². The summed E-state index contributed by atoms with van der Waals surface area (Å²) >= 11 is 0. The van der Waals surface area contributed by atoms with E-state index in [4.69, 9.17) is 4.74 Å². The van der Waals surface area contributed by atoms with Crippen molar-refractivity contribution in [1.82, 2.24) is 10.6 Å². The first-order valence-electron chi connectivity index (χ1n) is 6.89. The van der Waals surface area contributed by atoms with Crippen LogP contribution in [0.2, 0.25) is 0 Å². The van der Waals surface area contributed by atoms with E-state index in [-0.39, 0.29) is 5.91 Å². The van der Waals surface area contributed by atoms with Gasteiger partial charge in [-0.1, -0.05) is 12.1 Å². The normalized spacial score (nSPS) is 10.2. The molecular formula is C15H24N2O2. The minimum Gasteiger partial charge on any atom is -0.494 e. The molecule has 0 radical (unpaired) electrons. The lowest BCUT2D eigenvalue weighted by atomic mass is 10.1. The summed E-state index contributed by atoms with van der Waals surface area (Å²) in [6.07, 6.45) is 2.27. The van der Waals surface area contributed by atoms with Crippen LogP contribution in [0.1, 0.15) is 25.3 Å². The summed E-state index contributed by atoms with van der Waals surface area (Å²) in [6, 6.07) is 7.92. The second-order valence-electron chi connectivity index (χ2n) is 4.38. The topological polar surface area (TPSA) is 50.4 Å². The fourth-order valence-corrected chi connectivity index (χ4v) is 1.76. The van der Waals surface area contributed by atoms with Crippen molar-refractivity contribution in [2.24, 2.45) is 0 Å². The van der Waals surface area contributed by atoms with Gasteiger partial charge in [0.05, 0.1) is 6.61 Å². The van der Waals surface area contributed by atoms with Crippen molar-refractivity contribution in [3.63, 3.8) is 0 Å². The lowest BCUT2D eigenvalue weighted by Crippen LogP contribution is -2.26. The van der Waals surface area contributed by atoms with Crippen LogP contribution in [0.4, 0.5) is 0 Å². The Morgan fingerprint density at radius 2 is 1.95 bits per heavy atom. The maximum atomic E-state index is 11.6. The van der Waals surface area contributed by atoms with Crippen molar-refractivity contribution >= 4 is 5.91 Å². The van der Waals surface area contributed by atoms with E-state index in [1.807, 2.05) is 38.2 Å². The Hall–Kier alpha value is -1.55. The summed E-state index contributed by atoms with van der Waals surface area (Å²) < 4.78 is 5.38. The van der Waals surface area contributed by atoms with Crippen LogP contribution in [-0.2, 0) is 11.2 Å². The van der Waals surface area contributed by atoms with Crippen molar-refractivity contribution in [1.29, 1.82) is 0 Å². The highest BCUT2D eigenvalue weighted by atomic mass is 16.5. The molecule has 19 heavy (non-hydrogen) atoms. The maximum absolute atomic E-state index is 11.6. The molecule has 0 saturated heterocycles. The molecular weight excluding hydrogens is 240 g/mol. The molecule has 0 aliphatic rings. The zero-order valence-corrected chi connectivity index (χ0v) is 11.9. The molecule has 0 aliphatic carbocycles. The molecule has 2 N–H and O–H groups in total. The van der Waals surface area contributed by atoms with Crippen LogP contribution in [0.25, 0.3) is 0 Å². The Kier molecular flexibility index (Phi) is 7.66. The third-order valence-corrected chi connectivity index (χ3v) is 2.80. The van der Waals surface area contributed by atoms with E-state index in [9.17, 15) is 4.79 Å². The highest BCUT2D eigenvalue weighted by molar-refractivity contribution is 5.76. The van der Waals surface area contributed by atoms with Crippen molar-refractivity contribution in [3.05, 3.63) is 29.8 Å².